The number of halogens is 2. The number of rotatable bonds is 6. The second-order valence-electron chi connectivity index (χ2n) is 7.70. The zero-order chi connectivity index (χ0) is 20.4. The van der Waals surface area contributed by atoms with E-state index < -0.39 is 0 Å². The lowest BCUT2D eigenvalue weighted by molar-refractivity contribution is 0.0736. The number of hydrogen-bond acceptors (Lipinski definition) is 2. The van der Waals surface area contributed by atoms with E-state index in [4.69, 9.17) is 16.6 Å². The molecule has 0 radical (unpaired) electrons. The van der Waals surface area contributed by atoms with Gasteiger partial charge in [-0.05, 0) is 61.7 Å². The van der Waals surface area contributed by atoms with Crippen LogP contribution in [0.2, 0.25) is 5.02 Å². The van der Waals surface area contributed by atoms with Crippen LogP contribution in [-0.2, 0) is 6.54 Å². The van der Waals surface area contributed by atoms with Gasteiger partial charge in [-0.2, -0.15) is 0 Å². The van der Waals surface area contributed by atoms with Crippen molar-refractivity contribution in [1.82, 2.24) is 14.5 Å². The van der Waals surface area contributed by atoms with Crippen LogP contribution in [0.3, 0.4) is 0 Å². The highest BCUT2D eigenvalue weighted by Crippen LogP contribution is 2.35. The number of carbonyl (C=O) groups excluding carboxylic acids is 1. The van der Waals surface area contributed by atoms with Crippen LogP contribution < -0.4 is 0 Å². The van der Waals surface area contributed by atoms with Crippen LogP contribution in [0.1, 0.15) is 61.3 Å². The normalized spacial score (nSPS) is 14.6. The summed E-state index contributed by atoms with van der Waals surface area (Å²) in [7, 11) is 0. The molecule has 0 saturated heterocycles. The van der Waals surface area contributed by atoms with Gasteiger partial charge in [-0.3, -0.25) is 4.79 Å². The van der Waals surface area contributed by atoms with Gasteiger partial charge in [0, 0.05) is 23.2 Å². The highest BCUT2D eigenvalue weighted by molar-refractivity contribution is 6.31. The van der Waals surface area contributed by atoms with Crippen molar-refractivity contribution in [3.63, 3.8) is 0 Å². The molecule has 2 aromatic carbocycles. The van der Waals surface area contributed by atoms with E-state index in [0.717, 1.165) is 36.1 Å². The summed E-state index contributed by atoms with van der Waals surface area (Å²) in [5.74, 6) is 0.441. The summed E-state index contributed by atoms with van der Waals surface area (Å²) in [5.41, 5.74) is 2.43. The zero-order valence-electron chi connectivity index (χ0n) is 16.6. The largest absolute Gasteiger partial charge is 0.331 e. The summed E-state index contributed by atoms with van der Waals surface area (Å²) in [4.78, 5) is 19.8. The minimum absolute atomic E-state index is 0.102. The zero-order valence-corrected chi connectivity index (χ0v) is 17.3. The van der Waals surface area contributed by atoms with Gasteiger partial charge in [-0.1, -0.05) is 31.4 Å². The summed E-state index contributed by atoms with van der Waals surface area (Å²) in [6.45, 7) is 3.09. The number of nitrogens with zero attached hydrogens (tertiary/aromatic N) is 3. The molecule has 1 amide bonds. The van der Waals surface area contributed by atoms with Gasteiger partial charge in [0.2, 0.25) is 0 Å². The van der Waals surface area contributed by atoms with E-state index in [2.05, 4.69) is 4.57 Å². The fraction of sp³-hybridized carbons (Fsp3) is 0.391. The molecule has 3 aromatic rings. The molecule has 0 bridgehead atoms. The lowest BCUT2D eigenvalue weighted by Crippen LogP contribution is -2.32. The Balaban J connectivity index is 1.71. The van der Waals surface area contributed by atoms with Crippen LogP contribution in [0.5, 0.6) is 0 Å². The first kappa shape index (κ1) is 19.9. The summed E-state index contributed by atoms with van der Waals surface area (Å²) in [6.07, 6.45) is 5.48. The minimum Gasteiger partial charge on any atom is -0.331 e. The average molecular weight is 414 g/mol. The fourth-order valence-electron chi connectivity index (χ4n) is 4.27. The third kappa shape index (κ3) is 4.15. The van der Waals surface area contributed by atoms with Gasteiger partial charge >= 0.3 is 0 Å². The topological polar surface area (TPSA) is 38.1 Å². The molecule has 4 nitrogen and oxygen atoms in total. The molecule has 6 heteroatoms. The Morgan fingerprint density at radius 3 is 2.62 bits per heavy atom. The smallest absolute Gasteiger partial charge is 0.254 e. The fourth-order valence-corrected chi connectivity index (χ4v) is 4.43. The summed E-state index contributed by atoms with van der Waals surface area (Å²) >= 11 is 6.27. The summed E-state index contributed by atoms with van der Waals surface area (Å²) in [6, 6.07) is 11.9. The SMILES string of the molecule is CCCN(Cc1nc2ccc(Cl)cc2n1C1CCCC1)C(=O)c1ccc(F)cc1. The van der Waals surface area contributed by atoms with Crippen molar-refractivity contribution in [1.29, 1.82) is 0 Å². The quantitative estimate of drug-likeness (QED) is 0.497. The van der Waals surface area contributed by atoms with Crippen LogP contribution in [0.15, 0.2) is 42.5 Å². The van der Waals surface area contributed by atoms with Crippen LogP contribution in [0.4, 0.5) is 4.39 Å². The van der Waals surface area contributed by atoms with Crippen LogP contribution in [0.25, 0.3) is 11.0 Å². The van der Waals surface area contributed by atoms with Crippen LogP contribution in [0, 0.1) is 5.82 Å². The maximum Gasteiger partial charge on any atom is 0.254 e. The monoisotopic (exact) mass is 413 g/mol. The number of imidazole rings is 1. The third-order valence-corrected chi connectivity index (χ3v) is 5.85. The van der Waals surface area contributed by atoms with E-state index >= 15 is 0 Å². The van der Waals surface area contributed by atoms with Gasteiger partial charge < -0.3 is 9.47 Å². The molecule has 4 rings (SSSR count). The maximum atomic E-state index is 13.3. The Kier molecular flexibility index (Phi) is 5.86. The molecule has 1 fully saturated rings. The molecule has 1 aliphatic carbocycles. The Hall–Kier alpha value is -2.40. The van der Waals surface area contributed by atoms with Gasteiger partial charge in [0.05, 0.1) is 17.6 Å². The molecule has 29 heavy (non-hydrogen) atoms. The maximum absolute atomic E-state index is 13.3. The molecular formula is C23H25ClFN3O. The lowest BCUT2D eigenvalue weighted by atomic mass is 10.2. The highest BCUT2D eigenvalue weighted by atomic mass is 35.5. The molecule has 1 aliphatic rings. The van der Waals surface area contributed by atoms with Crippen molar-refractivity contribution in [2.75, 3.05) is 6.54 Å². The number of amides is 1. The van der Waals surface area contributed by atoms with Crippen molar-refractivity contribution < 1.29 is 9.18 Å². The molecule has 0 spiro atoms. The second-order valence-corrected chi connectivity index (χ2v) is 8.14. The molecule has 0 N–H and O–H groups in total. The molecule has 0 aliphatic heterocycles. The van der Waals surface area contributed by atoms with E-state index in [0.29, 0.717) is 29.7 Å². The van der Waals surface area contributed by atoms with E-state index in [1.807, 2.05) is 30.0 Å². The Morgan fingerprint density at radius 1 is 1.21 bits per heavy atom. The third-order valence-electron chi connectivity index (χ3n) is 5.62. The average Bonchev–Trinajstić information content (AvgIpc) is 3.35. The van der Waals surface area contributed by atoms with Gasteiger partial charge in [0.25, 0.3) is 5.91 Å². The first-order chi connectivity index (χ1) is 14.1. The lowest BCUT2D eigenvalue weighted by Gasteiger charge is -2.24. The molecule has 1 saturated carbocycles. The van der Waals surface area contributed by atoms with Crippen molar-refractivity contribution >= 4 is 28.5 Å². The van der Waals surface area contributed by atoms with E-state index in [1.54, 1.807) is 12.1 Å². The van der Waals surface area contributed by atoms with Gasteiger partial charge in [-0.15, -0.1) is 0 Å². The predicted molar refractivity (Wildman–Crippen MR) is 114 cm³/mol. The van der Waals surface area contributed by atoms with Gasteiger partial charge in [0.1, 0.15) is 11.6 Å². The number of hydrogen-bond donors (Lipinski definition) is 0. The first-order valence-corrected chi connectivity index (χ1v) is 10.7. The molecule has 0 atom stereocenters. The number of benzene rings is 2. The number of fused-ring (bicyclic) bond motifs is 1. The second kappa shape index (κ2) is 8.54. The van der Waals surface area contributed by atoms with E-state index in [9.17, 15) is 9.18 Å². The standard InChI is InChI=1S/C23H25ClFN3O/c1-2-13-27(23(29)16-7-10-18(25)11-8-16)15-22-26-20-12-9-17(24)14-21(20)28(22)19-5-3-4-6-19/h7-12,14,19H,2-6,13,15H2,1H3. The van der Waals surface area contributed by atoms with Crippen LogP contribution >= 0.6 is 11.6 Å². The van der Waals surface area contributed by atoms with E-state index in [-0.39, 0.29) is 11.7 Å². The Morgan fingerprint density at radius 2 is 1.93 bits per heavy atom. The number of carbonyl (C=O) groups is 1. The molecular weight excluding hydrogens is 389 g/mol. The Labute approximate surface area is 175 Å². The highest BCUT2D eigenvalue weighted by Gasteiger charge is 2.25. The molecule has 152 valence electrons. The van der Waals surface area contributed by atoms with Crippen molar-refractivity contribution in [2.24, 2.45) is 0 Å². The summed E-state index contributed by atoms with van der Waals surface area (Å²) < 4.78 is 15.6. The molecule has 0 unspecified atom stereocenters. The van der Waals surface area contributed by atoms with E-state index in [1.165, 1.54) is 25.0 Å². The van der Waals surface area contributed by atoms with Crippen LogP contribution in [-0.4, -0.2) is 26.9 Å². The van der Waals surface area contributed by atoms with Crippen molar-refractivity contribution in [3.05, 3.63) is 64.7 Å². The Bertz CT molecular complexity index is 1010. The number of aromatic nitrogens is 2. The van der Waals surface area contributed by atoms with Gasteiger partial charge in [-0.25, -0.2) is 9.37 Å². The van der Waals surface area contributed by atoms with Crippen molar-refractivity contribution in [2.45, 2.75) is 51.6 Å². The van der Waals surface area contributed by atoms with Crippen molar-refractivity contribution in [3.8, 4) is 0 Å². The van der Waals surface area contributed by atoms with Gasteiger partial charge in [0.15, 0.2) is 0 Å². The first-order valence-electron chi connectivity index (χ1n) is 10.3. The minimum atomic E-state index is -0.344. The summed E-state index contributed by atoms with van der Waals surface area (Å²) in [5, 5.41) is 0.691. The molecule has 1 heterocycles. The predicted octanol–water partition coefficient (Wildman–Crippen LogP) is 6.00. The molecule has 1 aromatic heterocycles.